The minimum atomic E-state index is 0. The summed E-state index contributed by atoms with van der Waals surface area (Å²) in [6, 6.07) is 12.8. The highest BCUT2D eigenvalue weighted by Gasteiger charge is 2.13. The Labute approximate surface area is 206 Å². The Morgan fingerprint density at radius 1 is 0.935 bits per heavy atom. The molecule has 0 amide bonds. The first-order valence-electron chi connectivity index (χ1n) is 11.1. The molecular formula is C24H34IN3O2S. The summed E-state index contributed by atoms with van der Waals surface area (Å²) in [4.78, 5) is 8.06. The van der Waals surface area contributed by atoms with Gasteiger partial charge in [0.2, 0.25) is 5.36 Å². The minimum Gasteiger partial charge on any atom is -1.00 e. The number of halogens is 1. The van der Waals surface area contributed by atoms with Gasteiger partial charge in [-0.1, -0.05) is 26.7 Å². The molecule has 7 heteroatoms. The van der Waals surface area contributed by atoms with Crippen LogP contribution in [0.5, 0.6) is 0 Å². The monoisotopic (exact) mass is 555 g/mol. The van der Waals surface area contributed by atoms with Crippen molar-refractivity contribution in [3.63, 3.8) is 0 Å². The molecular weight excluding hydrogens is 521 g/mol. The van der Waals surface area contributed by atoms with Crippen molar-refractivity contribution in [1.82, 2.24) is 9.56 Å². The zero-order chi connectivity index (χ0) is 21.3. The molecule has 0 aromatic heterocycles. The number of hydrogen-bond acceptors (Lipinski definition) is 5. The molecule has 2 aliphatic rings. The van der Waals surface area contributed by atoms with Gasteiger partial charge in [0.15, 0.2) is 0 Å². The Morgan fingerprint density at radius 2 is 1.61 bits per heavy atom. The van der Waals surface area contributed by atoms with Gasteiger partial charge in [0.05, 0.1) is 34.0 Å². The highest BCUT2D eigenvalue weighted by Crippen LogP contribution is 2.31. The molecule has 0 saturated heterocycles. The zero-order valence-electron chi connectivity index (χ0n) is 18.6. The van der Waals surface area contributed by atoms with Crippen LogP contribution in [0.25, 0.3) is 20.8 Å². The Morgan fingerprint density at radius 3 is 2.23 bits per heavy atom. The van der Waals surface area contributed by atoms with Crippen molar-refractivity contribution in [2.24, 2.45) is 0 Å². The highest BCUT2D eigenvalue weighted by atomic mass is 127. The van der Waals surface area contributed by atoms with Crippen LogP contribution < -0.4 is 38.8 Å². The molecule has 1 aromatic rings. The number of nitrogens with zero attached hydrogens (tertiary/aromatic N) is 3. The van der Waals surface area contributed by atoms with E-state index >= 15 is 0 Å². The third kappa shape index (κ3) is 6.84. The molecule has 170 valence electrons. The molecule has 1 heterocycles. The molecule has 0 fully saturated rings. The van der Waals surface area contributed by atoms with E-state index in [4.69, 9.17) is 4.98 Å². The van der Waals surface area contributed by atoms with Crippen molar-refractivity contribution >= 4 is 27.2 Å². The van der Waals surface area contributed by atoms with Gasteiger partial charge in [-0.3, -0.25) is 0 Å². The Kier molecular flexibility index (Phi) is 11.1. The molecule has 1 aliphatic heterocycles. The minimum absolute atomic E-state index is 0. The second-order valence-electron chi connectivity index (χ2n) is 7.65. The van der Waals surface area contributed by atoms with Crippen molar-refractivity contribution < 1.29 is 34.2 Å². The van der Waals surface area contributed by atoms with Gasteiger partial charge in [0.1, 0.15) is 13.1 Å². The molecule has 1 aliphatic carbocycles. The van der Waals surface area contributed by atoms with Crippen LogP contribution >= 0.6 is 11.3 Å². The van der Waals surface area contributed by atoms with Gasteiger partial charge < -0.3 is 39.1 Å². The standard InChI is InChI=1S/C24H34N3O2S.HI/c1-3-5-11-26(12-6-4-2)19-7-9-21-23(17-19)30-24-18-20(8-10-22(24)25-21)27(13-15-28)14-16-29;/h7-10,17-18,28-29H,3-6,11-16H2,1-2H3;1H/q+1;/p-1. The van der Waals surface area contributed by atoms with Crippen LogP contribution in [0.3, 0.4) is 0 Å². The molecule has 0 radical (unpaired) electrons. The largest absolute Gasteiger partial charge is 1.00 e. The predicted octanol–water partition coefficient (Wildman–Crippen LogP) is 0.569. The van der Waals surface area contributed by atoms with E-state index in [9.17, 15) is 10.2 Å². The molecule has 31 heavy (non-hydrogen) atoms. The van der Waals surface area contributed by atoms with Gasteiger partial charge in [-0.2, -0.15) is 0 Å². The Bertz CT molecular complexity index is 976. The fourth-order valence-corrected chi connectivity index (χ4v) is 4.71. The number of aliphatic hydroxyl groups excluding tert-OH is 2. The van der Waals surface area contributed by atoms with Crippen molar-refractivity contribution in [1.29, 1.82) is 0 Å². The van der Waals surface area contributed by atoms with E-state index in [2.05, 4.69) is 42.7 Å². The third-order valence-corrected chi connectivity index (χ3v) is 6.47. The summed E-state index contributed by atoms with van der Waals surface area (Å²) in [7, 11) is 0. The quantitative estimate of drug-likeness (QED) is 0.207. The average Bonchev–Trinajstić information content (AvgIpc) is 2.77. The van der Waals surface area contributed by atoms with Crippen LogP contribution in [0, 0.1) is 0 Å². The van der Waals surface area contributed by atoms with Crippen LogP contribution in [0.15, 0.2) is 36.4 Å². The summed E-state index contributed by atoms with van der Waals surface area (Å²) in [6.45, 7) is 7.80. The Balaban J connectivity index is 0.00000341. The van der Waals surface area contributed by atoms with Gasteiger partial charge in [0.25, 0.3) is 0 Å². The van der Waals surface area contributed by atoms with Crippen molar-refractivity contribution in [3.05, 3.63) is 41.8 Å². The van der Waals surface area contributed by atoms with Crippen molar-refractivity contribution in [2.45, 2.75) is 39.5 Å². The van der Waals surface area contributed by atoms with Gasteiger partial charge >= 0.3 is 0 Å². The number of anilines is 1. The lowest BCUT2D eigenvalue weighted by molar-refractivity contribution is -0.00000843. The maximum absolute atomic E-state index is 9.35. The number of unbranched alkanes of at least 4 members (excludes halogenated alkanes) is 2. The molecule has 0 unspecified atom stereocenters. The van der Waals surface area contributed by atoms with Crippen LogP contribution in [0.2, 0.25) is 0 Å². The maximum Gasteiger partial charge on any atom is 0.201 e. The van der Waals surface area contributed by atoms with E-state index < -0.39 is 0 Å². The van der Waals surface area contributed by atoms with Crippen LogP contribution in [-0.2, 0) is 0 Å². The van der Waals surface area contributed by atoms with Crippen molar-refractivity contribution in [2.75, 3.05) is 44.3 Å². The van der Waals surface area contributed by atoms with E-state index in [0.717, 1.165) is 34.7 Å². The molecule has 3 rings (SSSR count). The number of aliphatic hydroxyl groups is 2. The Hall–Kier alpha value is -1.29. The average molecular weight is 556 g/mol. The van der Waals surface area contributed by atoms with Gasteiger partial charge in [0, 0.05) is 43.8 Å². The van der Waals surface area contributed by atoms with Crippen molar-refractivity contribution in [3.8, 4) is 10.6 Å². The van der Waals surface area contributed by atoms with E-state index in [0.29, 0.717) is 13.1 Å². The van der Waals surface area contributed by atoms with Gasteiger partial charge in [-0.25, -0.2) is 9.56 Å². The summed E-state index contributed by atoms with van der Waals surface area (Å²) in [5.41, 5.74) is 3.01. The highest BCUT2D eigenvalue weighted by molar-refractivity contribution is 7.21. The summed E-state index contributed by atoms with van der Waals surface area (Å²) in [6.07, 6.45) is 4.81. The fourth-order valence-electron chi connectivity index (χ4n) is 3.67. The molecule has 2 N–H and O–H groups in total. The number of aromatic nitrogens is 1. The second-order valence-corrected chi connectivity index (χ2v) is 8.73. The first-order chi connectivity index (χ1) is 14.7. The van der Waals surface area contributed by atoms with Gasteiger partial charge in [-0.15, -0.1) is 11.3 Å². The lowest BCUT2D eigenvalue weighted by Gasteiger charge is -2.23. The molecule has 0 spiro atoms. The summed E-state index contributed by atoms with van der Waals surface area (Å²) < 4.78 is 3.62. The number of fused-ring (bicyclic) bond motifs is 2. The van der Waals surface area contributed by atoms with Gasteiger partial charge in [-0.05, 0) is 24.3 Å². The van der Waals surface area contributed by atoms with E-state index in [1.807, 2.05) is 17.0 Å². The molecule has 0 bridgehead atoms. The first kappa shape index (κ1) is 26.0. The SMILES string of the molecule is CCCC[N+](CCCC)=c1ccc2nc3ccc(N(CCO)CCO)cc3sc-2c1.[I-]. The number of benzene rings is 2. The second kappa shape index (κ2) is 13.3. The number of rotatable bonds is 11. The lowest BCUT2D eigenvalue weighted by Crippen LogP contribution is -3.00. The maximum atomic E-state index is 9.35. The topological polar surface area (TPSA) is 59.6 Å². The predicted molar refractivity (Wildman–Crippen MR) is 127 cm³/mol. The molecule has 5 nitrogen and oxygen atoms in total. The van der Waals surface area contributed by atoms with E-state index in [1.165, 1.54) is 35.9 Å². The van der Waals surface area contributed by atoms with Crippen LogP contribution in [0.4, 0.5) is 5.69 Å². The lowest BCUT2D eigenvalue weighted by atomic mass is 10.2. The molecule has 0 saturated carbocycles. The summed E-state index contributed by atoms with van der Waals surface area (Å²) in [5, 5.41) is 20.0. The zero-order valence-corrected chi connectivity index (χ0v) is 21.5. The van der Waals surface area contributed by atoms with Crippen LogP contribution in [-0.4, -0.2) is 54.6 Å². The number of hydrogen-bond donors (Lipinski definition) is 2. The molecule has 0 atom stereocenters. The smallest absolute Gasteiger partial charge is 0.201 e. The summed E-state index contributed by atoms with van der Waals surface area (Å²) >= 11 is 1.76. The first-order valence-corrected chi connectivity index (χ1v) is 11.9. The third-order valence-electron chi connectivity index (χ3n) is 5.38. The van der Waals surface area contributed by atoms with Crippen LogP contribution in [0.1, 0.15) is 39.5 Å². The van der Waals surface area contributed by atoms with E-state index in [1.54, 1.807) is 11.3 Å². The van der Waals surface area contributed by atoms with E-state index in [-0.39, 0.29) is 37.2 Å². The normalized spacial score (nSPS) is 11.0. The fraction of sp³-hybridized carbons (Fsp3) is 0.500. The summed E-state index contributed by atoms with van der Waals surface area (Å²) in [5.74, 6) is 0. The molecule has 1 aromatic carbocycles.